The minimum absolute atomic E-state index is 0.125. The summed E-state index contributed by atoms with van der Waals surface area (Å²) in [5.74, 6) is -2.00. The summed E-state index contributed by atoms with van der Waals surface area (Å²) in [6, 6.07) is 6.63. The first-order chi connectivity index (χ1) is 10.0. The van der Waals surface area contributed by atoms with Crippen molar-refractivity contribution < 1.29 is 13.2 Å². The Bertz CT molecular complexity index is 611. The van der Waals surface area contributed by atoms with E-state index >= 15 is 0 Å². The third kappa shape index (κ3) is 3.57. The summed E-state index contributed by atoms with van der Waals surface area (Å²) in [6.45, 7) is 2.40. The zero-order valence-corrected chi connectivity index (χ0v) is 12.2. The Hall–Kier alpha value is -1.52. The van der Waals surface area contributed by atoms with E-state index < -0.39 is 23.5 Å². The van der Waals surface area contributed by atoms with Gasteiger partial charge in [-0.3, -0.25) is 0 Å². The quantitative estimate of drug-likeness (QED) is 0.832. The van der Waals surface area contributed by atoms with Gasteiger partial charge in [-0.1, -0.05) is 24.6 Å². The highest BCUT2D eigenvalue weighted by atomic mass is 35.5. The van der Waals surface area contributed by atoms with E-state index in [1.165, 1.54) is 24.3 Å². The second-order valence-electron chi connectivity index (χ2n) is 4.69. The molecule has 5 heteroatoms. The van der Waals surface area contributed by atoms with E-state index in [9.17, 15) is 13.2 Å². The van der Waals surface area contributed by atoms with Gasteiger partial charge in [-0.2, -0.15) is 0 Å². The first kappa shape index (κ1) is 15.9. The first-order valence-electron chi connectivity index (χ1n) is 6.66. The van der Waals surface area contributed by atoms with Gasteiger partial charge in [0.15, 0.2) is 0 Å². The molecule has 1 unspecified atom stereocenters. The molecule has 1 atom stereocenters. The van der Waals surface area contributed by atoms with Crippen LogP contribution in [0.1, 0.15) is 30.5 Å². The smallest absolute Gasteiger partial charge is 0.131 e. The predicted octanol–water partition coefficient (Wildman–Crippen LogP) is 4.85. The summed E-state index contributed by atoms with van der Waals surface area (Å²) in [5.41, 5.74) is -0.0768. The average Bonchev–Trinajstić information content (AvgIpc) is 2.45. The Morgan fingerprint density at radius 3 is 2.33 bits per heavy atom. The van der Waals surface area contributed by atoms with Crippen LogP contribution in [0, 0.1) is 17.5 Å². The molecule has 0 aromatic heterocycles. The number of nitrogens with one attached hydrogen (secondary N) is 1. The molecule has 0 radical (unpaired) electrons. The van der Waals surface area contributed by atoms with Crippen LogP contribution in [-0.2, 0) is 0 Å². The molecule has 0 saturated carbocycles. The predicted molar refractivity (Wildman–Crippen MR) is 77.9 cm³/mol. The molecular weight excluding hydrogens is 299 g/mol. The van der Waals surface area contributed by atoms with E-state index in [0.717, 1.165) is 18.6 Å². The van der Waals surface area contributed by atoms with Gasteiger partial charge in [-0.25, -0.2) is 13.2 Å². The van der Waals surface area contributed by atoms with Crippen molar-refractivity contribution in [3.63, 3.8) is 0 Å². The number of halogens is 4. The van der Waals surface area contributed by atoms with Crippen molar-refractivity contribution in [2.45, 2.75) is 19.4 Å². The maximum Gasteiger partial charge on any atom is 0.131 e. The maximum absolute atomic E-state index is 14.1. The molecule has 0 aliphatic carbocycles. The van der Waals surface area contributed by atoms with Gasteiger partial charge < -0.3 is 5.32 Å². The van der Waals surface area contributed by atoms with Crippen LogP contribution in [0.5, 0.6) is 0 Å². The van der Waals surface area contributed by atoms with E-state index in [1.807, 2.05) is 6.92 Å². The normalized spacial score (nSPS) is 12.4. The molecule has 112 valence electrons. The molecule has 0 fully saturated rings. The lowest BCUT2D eigenvalue weighted by molar-refractivity contribution is 0.488. The standard InChI is InChI=1S/C16H15ClF3N/c1-2-8-21-16(11-9-10(17)6-7-12(11)18)15-13(19)4-3-5-14(15)20/h3-7,9,16,21H,2,8H2,1H3. The Balaban J connectivity index is 2.55. The third-order valence-electron chi connectivity index (χ3n) is 3.16. The van der Waals surface area contributed by atoms with Gasteiger partial charge in [0, 0.05) is 16.1 Å². The number of benzene rings is 2. The van der Waals surface area contributed by atoms with Crippen LogP contribution in [0.4, 0.5) is 13.2 Å². The van der Waals surface area contributed by atoms with Crippen LogP contribution in [0.15, 0.2) is 36.4 Å². The molecule has 0 heterocycles. The molecule has 0 spiro atoms. The monoisotopic (exact) mass is 313 g/mol. The number of rotatable bonds is 5. The van der Waals surface area contributed by atoms with Crippen LogP contribution in [0.2, 0.25) is 5.02 Å². The van der Waals surface area contributed by atoms with Crippen LogP contribution in [0.25, 0.3) is 0 Å². The van der Waals surface area contributed by atoms with E-state index in [0.29, 0.717) is 11.6 Å². The highest BCUT2D eigenvalue weighted by Gasteiger charge is 2.24. The molecule has 2 aromatic carbocycles. The average molecular weight is 314 g/mol. The summed E-state index contributed by atoms with van der Waals surface area (Å²) in [6.07, 6.45) is 0.745. The van der Waals surface area contributed by atoms with Crippen molar-refractivity contribution >= 4 is 11.6 Å². The van der Waals surface area contributed by atoms with E-state index in [4.69, 9.17) is 11.6 Å². The molecule has 21 heavy (non-hydrogen) atoms. The zero-order valence-electron chi connectivity index (χ0n) is 11.5. The van der Waals surface area contributed by atoms with Crippen molar-refractivity contribution in [3.05, 3.63) is 70.0 Å². The lowest BCUT2D eigenvalue weighted by atomic mass is 9.97. The van der Waals surface area contributed by atoms with Crippen molar-refractivity contribution in [1.29, 1.82) is 0 Å². The van der Waals surface area contributed by atoms with Gasteiger partial charge in [0.05, 0.1) is 6.04 Å². The Labute approximate surface area is 126 Å². The van der Waals surface area contributed by atoms with Gasteiger partial charge in [-0.15, -0.1) is 0 Å². The first-order valence-corrected chi connectivity index (χ1v) is 7.04. The number of hydrogen-bond acceptors (Lipinski definition) is 1. The largest absolute Gasteiger partial charge is 0.306 e. The lowest BCUT2D eigenvalue weighted by Gasteiger charge is -2.21. The fourth-order valence-electron chi connectivity index (χ4n) is 2.18. The number of hydrogen-bond donors (Lipinski definition) is 1. The summed E-state index contributed by atoms with van der Waals surface area (Å²) >= 11 is 5.88. The van der Waals surface area contributed by atoms with Gasteiger partial charge in [0.1, 0.15) is 17.5 Å². The molecule has 0 bridgehead atoms. The molecule has 0 aliphatic heterocycles. The van der Waals surface area contributed by atoms with Crippen LogP contribution < -0.4 is 5.32 Å². The summed E-state index contributed by atoms with van der Waals surface area (Å²) in [4.78, 5) is 0. The van der Waals surface area contributed by atoms with E-state index in [2.05, 4.69) is 5.32 Å². The van der Waals surface area contributed by atoms with E-state index in [1.54, 1.807) is 0 Å². The molecule has 0 saturated heterocycles. The van der Waals surface area contributed by atoms with Gasteiger partial charge in [0.25, 0.3) is 0 Å². The van der Waals surface area contributed by atoms with Crippen molar-refractivity contribution in [2.24, 2.45) is 0 Å². The molecule has 2 rings (SSSR count). The van der Waals surface area contributed by atoms with E-state index in [-0.39, 0.29) is 11.1 Å². The second kappa shape index (κ2) is 6.96. The fourth-order valence-corrected chi connectivity index (χ4v) is 2.36. The maximum atomic E-state index is 14.1. The molecule has 1 N–H and O–H groups in total. The Kier molecular flexibility index (Phi) is 5.26. The molecular formula is C16H15ClF3N. The second-order valence-corrected chi connectivity index (χ2v) is 5.12. The van der Waals surface area contributed by atoms with Crippen molar-refractivity contribution in [2.75, 3.05) is 6.54 Å². The van der Waals surface area contributed by atoms with Crippen LogP contribution >= 0.6 is 11.6 Å². The molecule has 0 amide bonds. The lowest BCUT2D eigenvalue weighted by Crippen LogP contribution is -2.26. The van der Waals surface area contributed by atoms with Crippen LogP contribution in [0.3, 0.4) is 0 Å². The van der Waals surface area contributed by atoms with Gasteiger partial charge in [0.2, 0.25) is 0 Å². The highest BCUT2D eigenvalue weighted by Crippen LogP contribution is 2.30. The highest BCUT2D eigenvalue weighted by molar-refractivity contribution is 6.30. The molecule has 0 aliphatic rings. The third-order valence-corrected chi connectivity index (χ3v) is 3.39. The van der Waals surface area contributed by atoms with Crippen LogP contribution in [-0.4, -0.2) is 6.54 Å². The summed E-state index contributed by atoms with van der Waals surface area (Å²) in [7, 11) is 0. The minimum atomic E-state index is -0.926. The fraction of sp³-hybridized carbons (Fsp3) is 0.250. The summed E-state index contributed by atoms with van der Waals surface area (Å²) in [5, 5.41) is 3.28. The molecule has 2 aromatic rings. The SMILES string of the molecule is CCCNC(c1cc(Cl)ccc1F)c1c(F)cccc1F. The van der Waals surface area contributed by atoms with Crippen molar-refractivity contribution in [1.82, 2.24) is 5.32 Å². The summed E-state index contributed by atoms with van der Waals surface area (Å²) < 4.78 is 42.1. The Morgan fingerprint density at radius 2 is 1.71 bits per heavy atom. The van der Waals surface area contributed by atoms with Gasteiger partial charge >= 0.3 is 0 Å². The minimum Gasteiger partial charge on any atom is -0.306 e. The van der Waals surface area contributed by atoms with Crippen molar-refractivity contribution in [3.8, 4) is 0 Å². The topological polar surface area (TPSA) is 12.0 Å². The zero-order chi connectivity index (χ0) is 15.4. The molecule has 1 nitrogen and oxygen atoms in total. The Morgan fingerprint density at radius 1 is 1.05 bits per heavy atom. The van der Waals surface area contributed by atoms with Gasteiger partial charge in [-0.05, 0) is 43.3 Å².